The van der Waals surface area contributed by atoms with Crippen molar-refractivity contribution in [1.82, 2.24) is 5.32 Å². The van der Waals surface area contributed by atoms with Crippen LogP contribution < -0.4 is 5.32 Å². The molecule has 0 fully saturated rings. The molecule has 1 heterocycles. The lowest BCUT2D eigenvalue weighted by atomic mass is 10.0. The molecule has 80 valence electrons. The van der Waals surface area contributed by atoms with Gasteiger partial charge in [0.15, 0.2) is 0 Å². The van der Waals surface area contributed by atoms with Crippen LogP contribution in [0, 0.1) is 19.8 Å². The number of nitrogens with one attached hydrogen (secondary N) is 1. The zero-order valence-corrected chi connectivity index (χ0v) is 10.7. The van der Waals surface area contributed by atoms with Crippen LogP contribution in [0.1, 0.15) is 42.1 Å². The van der Waals surface area contributed by atoms with Gasteiger partial charge in [-0.2, -0.15) is 0 Å². The summed E-state index contributed by atoms with van der Waals surface area (Å²) in [6.45, 7) is 12.2. The van der Waals surface area contributed by atoms with E-state index in [4.69, 9.17) is 0 Å². The molecule has 0 bridgehead atoms. The van der Waals surface area contributed by atoms with Crippen LogP contribution in [0.15, 0.2) is 6.07 Å². The fourth-order valence-corrected chi connectivity index (χ4v) is 2.93. The van der Waals surface area contributed by atoms with Gasteiger partial charge < -0.3 is 5.32 Å². The van der Waals surface area contributed by atoms with E-state index in [1.54, 1.807) is 0 Å². The Labute approximate surface area is 91.5 Å². The molecule has 2 heteroatoms. The fraction of sp³-hybridized carbons (Fsp3) is 0.667. The van der Waals surface area contributed by atoms with E-state index >= 15 is 0 Å². The molecule has 0 saturated carbocycles. The third-order valence-corrected chi connectivity index (χ3v) is 3.82. The maximum Gasteiger partial charge on any atom is 0.0438 e. The van der Waals surface area contributed by atoms with Crippen LogP contribution in [0.4, 0.5) is 0 Å². The standard InChI is InChI=1S/C12H21NS/c1-6-13-12(8(2)3)11-7-9(4)10(5)14-11/h7-8,12-13H,6H2,1-5H3. The first kappa shape index (κ1) is 11.7. The minimum Gasteiger partial charge on any atom is -0.309 e. The summed E-state index contributed by atoms with van der Waals surface area (Å²) in [4.78, 5) is 2.93. The maximum atomic E-state index is 3.55. The summed E-state index contributed by atoms with van der Waals surface area (Å²) in [7, 11) is 0. The van der Waals surface area contributed by atoms with Crippen molar-refractivity contribution in [2.75, 3.05) is 6.54 Å². The van der Waals surface area contributed by atoms with Gasteiger partial charge in [0.1, 0.15) is 0 Å². The summed E-state index contributed by atoms with van der Waals surface area (Å²) in [6.07, 6.45) is 0. The third-order valence-electron chi connectivity index (χ3n) is 2.58. The SMILES string of the molecule is CCNC(c1cc(C)c(C)s1)C(C)C. The molecule has 0 amide bonds. The topological polar surface area (TPSA) is 12.0 Å². The largest absolute Gasteiger partial charge is 0.309 e. The van der Waals surface area contributed by atoms with Crippen molar-refractivity contribution < 1.29 is 0 Å². The second-order valence-corrected chi connectivity index (χ2v) is 5.46. The predicted octanol–water partition coefficient (Wildman–Crippen LogP) is 3.67. The van der Waals surface area contributed by atoms with Crippen LogP contribution in [0.5, 0.6) is 0 Å². The number of aryl methyl sites for hydroxylation is 2. The molecule has 14 heavy (non-hydrogen) atoms. The Hall–Kier alpha value is -0.340. The molecule has 1 N–H and O–H groups in total. The molecule has 0 aromatic carbocycles. The lowest BCUT2D eigenvalue weighted by Crippen LogP contribution is -2.24. The molecule has 1 aromatic rings. The Bertz CT molecular complexity index is 269. The summed E-state index contributed by atoms with van der Waals surface area (Å²) in [5, 5.41) is 3.55. The summed E-state index contributed by atoms with van der Waals surface area (Å²) in [6, 6.07) is 2.85. The summed E-state index contributed by atoms with van der Waals surface area (Å²) >= 11 is 1.93. The number of rotatable bonds is 4. The van der Waals surface area contributed by atoms with E-state index in [-0.39, 0.29) is 0 Å². The van der Waals surface area contributed by atoms with Gasteiger partial charge in [-0.25, -0.2) is 0 Å². The minimum absolute atomic E-state index is 0.525. The Morgan fingerprint density at radius 2 is 2.00 bits per heavy atom. The smallest absolute Gasteiger partial charge is 0.0438 e. The fourth-order valence-electron chi connectivity index (χ4n) is 1.64. The molecule has 1 unspecified atom stereocenters. The van der Waals surface area contributed by atoms with Gasteiger partial charge in [-0.1, -0.05) is 20.8 Å². The van der Waals surface area contributed by atoms with Gasteiger partial charge in [0.05, 0.1) is 0 Å². The lowest BCUT2D eigenvalue weighted by Gasteiger charge is -2.20. The van der Waals surface area contributed by atoms with Crippen molar-refractivity contribution in [1.29, 1.82) is 0 Å². The van der Waals surface area contributed by atoms with Gasteiger partial charge in [0.2, 0.25) is 0 Å². The molecule has 0 aliphatic carbocycles. The second-order valence-electron chi connectivity index (χ2n) is 4.17. The van der Waals surface area contributed by atoms with Crippen LogP contribution in [-0.4, -0.2) is 6.54 Å². The van der Waals surface area contributed by atoms with Crippen LogP contribution >= 0.6 is 11.3 Å². The van der Waals surface area contributed by atoms with E-state index in [0.29, 0.717) is 12.0 Å². The molecule has 0 aliphatic rings. The Morgan fingerprint density at radius 1 is 1.36 bits per heavy atom. The summed E-state index contributed by atoms with van der Waals surface area (Å²) in [5.74, 6) is 0.660. The van der Waals surface area contributed by atoms with Gasteiger partial charge in [0, 0.05) is 15.8 Å². The highest BCUT2D eigenvalue weighted by Crippen LogP contribution is 2.30. The van der Waals surface area contributed by atoms with Crippen molar-refractivity contribution in [2.45, 2.75) is 40.7 Å². The van der Waals surface area contributed by atoms with Crippen molar-refractivity contribution in [2.24, 2.45) is 5.92 Å². The lowest BCUT2D eigenvalue weighted by molar-refractivity contribution is 0.428. The normalized spacial score (nSPS) is 13.6. The van der Waals surface area contributed by atoms with E-state index in [2.05, 4.69) is 46.0 Å². The number of hydrogen-bond donors (Lipinski definition) is 1. The molecular formula is C12H21NS. The highest BCUT2D eigenvalue weighted by Gasteiger charge is 2.16. The molecule has 1 rings (SSSR count). The van der Waals surface area contributed by atoms with Crippen molar-refractivity contribution in [3.8, 4) is 0 Å². The summed E-state index contributed by atoms with van der Waals surface area (Å²) in [5.41, 5.74) is 1.42. The van der Waals surface area contributed by atoms with Crippen molar-refractivity contribution >= 4 is 11.3 Å². The molecule has 1 atom stereocenters. The first-order valence-corrected chi connectivity index (χ1v) is 6.18. The number of hydrogen-bond acceptors (Lipinski definition) is 2. The highest BCUT2D eigenvalue weighted by molar-refractivity contribution is 7.12. The quantitative estimate of drug-likeness (QED) is 0.801. The maximum absolute atomic E-state index is 3.55. The molecule has 0 spiro atoms. The second kappa shape index (κ2) is 4.94. The van der Waals surface area contributed by atoms with Crippen LogP contribution in [0.25, 0.3) is 0 Å². The Balaban J connectivity index is 2.87. The van der Waals surface area contributed by atoms with Gasteiger partial charge in [-0.05, 0) is 37.9 Å². The van der Waals surface area contributed by atoms with Crippen LogP contribution in [0.2, 0.25) is 0 Å². The van der Waals surface area contributed by atoms with Crippen molar-refractivity contribution in [3.63, 3.8) is 0 Å². The Morgan fingerprint density at radius 3 is 2.36 bits per heavy atom. The molecule has 1 nitrogen and oxygen atoms in total. The van der Waals surface area contributed by atoms with E-state index in [0.717, 1.165) is 6.54 Å². The zero-order chi connectivity index (χ0) is 10.7. The Kier molecular flexibility index (Phi) is 4.14. The van der Waals surface area contributed by atoms with Gasteiger partial charge in [-0.15, -0.1) is 11.3 Å². The molecule has 0 saturated heterocycles. The third kappa shape index (κ3) is 2.58. The zero-order valence-electron chi connectivity index (χ0n) is 9.85. The molecule has 0 aliphatic heterocycles. The first-order valence-electron chi connectivity index (χ1n) is 5.36. The van der Waals surface area contributed by atoms with Gasteiger partial charge in [-0.3, -0.25) is 0 Å². The molecule has 0 radical (unpaired) electrons. The van der Waals surface area contributed by atoms with E-state index in [1.165, 1.54) is 15.3 Å². The van der Waals surface area contributed by atoms with Crippen molar-refractivity contribution in [3.05, 3.63) is 21.4 Å². The average Bonchev–Trinajstić information content (AvgIpc) is 2.42. The van der Waals surface area contributed by atoms with Crippen LogP contribution in [-0.2, 0) is 0 Å². The van der Waals surface area contributed by atoms with Gasteiger partial charge in [0.25, 0.3) is 0 Å². The van der Waals surface area contributed by atoms with Gasteiger partial charge >= 0.3 is 0 Å². The summed E-state index contributed by atoms with van der Waals surface area (Å²) < 4.78 is 0. The van der Waals surface area contributed by atoms with E-state index in [1.807, 2.05) is 11.3 Å². The first-order chi connectivity index (χ1) is 6.56. The van der Waals surface area contributed by atoms with E-state index < -0.39 is 0 Å². The molecular weight excluding hydrogens is 190 g/mol. The minimum atomic E-state index is 0.525. The highest BCUT2D eigenvalue weighted by atomic mass is 32.1. The van der Waals surface area contributed by atoms with E-state index in [9.17, 15) is 0 Å². The van der Waals surface area contributed by atoms with Crippen LogP contribution in [0.3, 0.4) is 0 Å². The number of thiophene rings is 1. The monoisotopic (exact) mass is 211 g/mol. The molecule has 1 aromatic heterocycles. The average molecular weight is 211 g/mol. The predicted molar refractivity (Wildman–Crippen MR) is 65.0 cm³/mol.